The summed E-state index contributed by atoms with van der Waals surface area (Å²) in [5, 5.41) is 3.41. The van der Waals surface area contributed by atoms with Crippen LogP contribution in [0.3, 0.4) is 0 Å². The summed E-state index contributed by atoms with van der Waals surface area (Å²) in [5.41, 5.74) is 2.35. The van der Waals surface area contributed by atoms with Gasteiger partial charge in [0.05, 0.1) is 16.4 Å². The number of hydrogen-bond donors (Lipinski definition) is 1. The molecule has 7 nitrogen and oxygen atoms in total. The largest absolute Gasteiger partial charge is 0.465 e. The molecule has 170 valence electrons. The van der Waals surface area contributed by atoms with Crippen LogP contribution >= 0.6 is 11.6 Å². The fraction of sp³-hybridized carbons (Fsp3) is 0.304. The van der Waals surface area contributed by atoms with Crippen LogP contribution in [0.15, 0.2) is 52.4 Å². The number of halogens is 1. The summed E-state index contributed by atoms with van der Waals surface area (Å²) in [6.07, 6.45) is 1.60. The van der Waals surface area contributed by atoms with Crippen molar-refractivity contribution in [2.75, 3.05) is 13.2 Å². The van der Waals surface area contributed by atoms with E-state index in [1.54, 1.807) is 41.8 Å². The highest BCUT2D eigenvalue weighted by molar-refractivity contribution is 7.91. The van der Waals surface area contributed by atoms with Crippen LogP contribution in [0.25, 0.3) is 10.9 Å². The zero-order valence-electron chi connectivity index (χ0n) is 18.1. The van der Waals surface area contributed by atoms with E-state index < -0.39 is 15.8 Å². The van der Waals surface area contributed by atoms with E-state index in [0.717, 1.165) is 11.1 Å². The first-order chi connectivity index (χ1) is 15.1. The van der Waals surface area contributed by atoms with Gasteiger partial charge in [0.1, 0.15) is 6.54 Å². The van der Waals surface area contributed by atoms with Crippen molar-refractivity contribution in [3.63, 3.8) is 0 Å². The second-order valence-corrected chi connectivity index (χ2v) is 9.86. The van der Waals surface area contributed by atoms with Crippen LogP contribution in [-0.2, 0) is 30.7 Å². The zero-order valence-corrected chi connectivity index (χ0v) is 19.7. The average molecular weight is 477 g/mol. The maximum Gasteiger partial charge on any atom is 0.325 e. The van der Waals surface area contributed by atoms with Gasteiger partial charge in [-0.05, 0) is 62.2 Å². The number of rotatable bonds is 8. The maximum absolute atomic E-state index is 13.5. The monoisotopic (exact) mass is 476 g/mol. The van der Waals surface area contributed by atoms with E-state index in [2.05, 4.69) is 5.32 Å². The minimum absolute atomic E-state index is 0.0643. The molecule has 1 amide bonds. The molecule has 0 bridgehead atoms. The van der Waals surface area contributed by atoms with Crippen molar-refractivity contribution in [2.45, 2.75) is 43.5 Å². The molecule has 0 fully saturated rings. The first-order valence-electron chi connectivity index (χ1n) is 10.2. The van der Waals surface area contributed by atoms with Gasteiger partial charge in [-0.2, -0.15) is 0 Å². The molecule has 9 heteroatoms. The van der Waals surface area contributed by atoms with Crippen LogP contribution in [0, 0.1) is 13.8 Å². The van der Waals surface area contributed by atoms with Crippen LogP contribution in [0.2, 0.25) is 5.02 Å². The topological polar surface area (TPSA) is 94.5 Å². The Hall–Kier alpha value is -2.84. The SMILES string of the molecule is CCOC(=O)CNC(=O)CCn1cc(S(=O)(=O)c2cc(C)cc(C)c2)c2cc(Cl)ccc21. The summed E-state index contributed by atoms with van der Waals surface area (Å²) in [4.78, 5) is 23.9. The van der Waals surface area contributed by atoms with E-state index in [4.69, 9.17) is 16.3 Å². The maximum atomic E-state index is 13.5. The van der Waals surface area contributed by atoms with Crippen molar-refractivity contribution in [3.8, 4) is 0 Å². The lowest BCUT2D eigenvalue weighted by Gasteiger charge is -2.07. The summed E-state index contributed by atoms with van der Waals surface area (Å²) in [6, 6.07) is 10.2. The second kappa shape index (κ2) is 9.75. The third kappa shape index (κ3) is 5.31. The highest BCUT2D eigenvalue weighted by atomic mass is 35.5. The number of benzene rings is 2. The molecule has 2 aromatic carbocycles. The molecule has 1 aromatic heterocycles. The smallest absolute Gasteiger partial charge is 0.325 e. The summed E-state index contributed by atoms with van der Waals surface area (Å²) in [7, 11) is -3.81. The Morgan fingerprint density at radius 1 is 1.09 bits per heavy atom. The van der Waals surface area contributed by atoms with Gasteiger partial charge in [0, 0.05) is 35.1 Å². The number of fused-ring (bicyclic) bond motifs is 1. The standard InChI is InChI=1S/C23H25ClN2O5S/c1-4-31-23(28)13-25-22(27)7-8-26-14-21(19-12-17(24)5-6-20(19)26)32(29,30)18-10-15(2)9-16(3)11-18/h5-6,9-12,14H,4,7-8,13H2,1-3H3,(H,25,27). The molecule has 0 aliphatic carbocycles. The summed E-state index contributed by atoms with van der Waals surface area (Å²) in [5.74, 6) is -0.851. The minimum Gasteiger partial charge on any atom is -0.465 e. The van der Waals surface area contributed by atoms with Gasteiger partial charge in [0.2, 0.25) is 15.7 Å². The van der Waals surface area contributed by atoms with Crippen LogP contribution in [0.5, 0.6) is 0 Å². The molecule has 3 rings (SSSR count). The van der Waals surface area contributed by atoms with Crippen molar-refractivity contribution in [3.05, 3.63) is 58.7 Å². The Kier molecular flexibility index (Phi) is 7.26. The number of hydrogen-bond acceptors (Lipinski definition) is 5. The lowest BCUT2D eigenvalue weighted by molar-refractivity contribution is -0.143. The van der Waals surface area contributed by atoms with E-state index >= 15 is 0 Å². The molecule has 3 aromatic rings. The summed E-state index contributed by atoms with van der Waals surface area (Å²) in [6.45, 7) is 5.65. The van der Waals surface area contributed by atoms with Gasteiger partial charge in [0.15, 0.2) is 0 Å². The van der Waals surface area contributed by atoms with Crippen LogP contribution < -0.4 is 5.32 Å². The molecule has 0 aliphatic rings. The van der Waals surface area contributed by atoms with Crippen LogP contribution in [0.1, 0.15) is 24.5 Å². The molecule has 1 N–H and O–H groups in total. The second-order valence-electron chi connectivity index (χ2n) is 7.51. The van der Waals surface area contributed by atoms with E-state index in [9.17, 15) is 18.0 Å². The Morgan fingerprint density at radius 3 is 2.44 bits per heavy atom. The van der Waals surface area contributed by atoms with Crippen molar-refractivity contribution in [1.29, 1.82) is 0 Å². The van der Waals surface area contributed by atoms with E-state index in [-0.39, 0.29) is 41.8 Å². The molecular weight excluding hydrogens is 452 g/mol. The van der Waals surface area contributed by atoms with Gasteiger partial charge < -0.3 is 14.6 Å². The van der Waals surface area contributed by atoms with Gasteiger partial charge in [-0.25, -0.2) is 8.42 Å². The van der Waals surface area contributed by atoms with Crippen molar-refractivity contribution < 1.29 is 22.7 Å². The summed E-state index contributed by atoms with van der Waals surface area (Å²) >= 11 is 6.16. The number of esters is 1. The van der Waals surface area contributed by atoms with E-state index in [0.29, 0.717) is 15.9 Å². The molecule has 0 unspecified atom stereocenters. The first-order valence-corrected chi connectivity index (χ1v) is 12.0. The fourth-order valence-electron chi connectivity index (χ4n) is 3.54. The number of nitrogens with one attached hydrogen (secondary N) is 1. The number of amides is 1. The van der Waals surface area contributed by atoms with Gasteiger partial charge in [-0.15, -0.1) is 0 Å². The van der Waals surface area contributed by atoms with Crippen molar-refractivity contribution in [1.82, 2.24) is 9.88 Å². The van der Waals surface area contributed by atoms with E-state index in [1.807, 2.05) is 19.9 Å². The van der Waals surface area contributed by atoms with Gasteiger partial charge in [-0.3, -0.25) is 9.59 Å². The minimum atomic E-state index is -3.81. The lowest BCUT2D eigenvalue weighted by atomic mass is 10.2. The number of carbonyl (C=O) groups is 2. The zero-order chi connectivity index (χ0) is 23.5. The third-order valence-corrected chi connectivity index (χ3v) is 6.91. The molecule has 1 heterocycles. The lowest BCUT2D eigenvalue weighted by Crippen LogP contribution is -2.31. The van der Waals surface area contributed by atoms with Crippen LogP contribution in [0.4, 0.5) is 0 Å². The number of aryl methyl sites for hydroxylation is 3. The van der Waals surface area contributed by atoms with E-state index in [1.165, 1.54) is 6.20 Å². The Bertz CT molecular complexity index is 1260. The normalized spacial score (nSPS) is 11.5. The number of ether oxygens (including phenoxy) is 1. The number of nitrogens with zero attached hydrogens (tertiary/aromatic N) is 1. The molecule has 0 spiro atoms. The number of sulfone groups is 1. The van der Waals surface area contributed by atoms with Gasteiger partial charge in [-0.1, -0.05) is 17.7 Å². The van der Waals surface area contributed by atoms with Crippen molar-refractivity contribution >= 4 is 44.2 Å². The van der Waals surface area contributed by atoms with Crippen molar-refractivity contribution in [2.24, 2.45) is 0 Å². The summed E-state index contributed by atoms with van der Waals surface area (Å²) < 4.78 is 33.4. The molecular formula is C23H25ClN2O5S. The highest BCUT2D eigenvalue weighted by Crippen LogP contribution is 2.33. The molecule has 32 heavy (non-hydrogen) atoms. The molecule has 0 saturated heterocycles. The highest BCUT2D eigenvalue weighted by Gasteiger charge is 2.24. The van der Waals surface area contributed by atoms with Crippen LogP contribution in [-0.4, -0.2) is 38.0 Å². The average Bonchev–Trinajstić information content (AvgIpc) is 3.08. The predicted octanol–water partition coefficient (Wildman–Crippen LogP) is 3.81. The Labute approximate surface area is 192 Å². The predicted molar refractivity (Wildman–Crippen MR) is 123 cm³/mol. The number of aromatic nitrogens is 1. The first kappa shape index (κ1) is 23.8. The Balaban J connectivity index is 1.92. The fourth-order valence-corrected chi connectivity index (χ4v) is 5.37. The molecule has 0 radical (unpaired) electrons. The Morgan fingerprint density at radius 2 is 1.78 bits per heavy atom. The molecule has 0 saturated carbocycles. The quantitative estimate of drug-likeness (QED) is 0.499. The van der Waals surface area contributed by atoms with Gasteiger partial charge >= 0.3 is 5.97 Å². The number of carbonyl (C=O) groups excluding carboxylic acids is 2. The molecule has 0 atom stereocenters. The molecule has 0 aliphatic heterocycles. The third-order valence-electron chi connectivity index (χ3n) is 4.92. The van der Waals surface area contributed by atoms with Gasteiger partial charge in [0.25, 0.3) is 0 Å².